The molecule has 0 heterocycles. The molecule has 0 bridgehead atoms. The van der Waals surface area contributed by atoms with Gasteiger partial charge in [-0.2, -0.15) is 0 Å². The molecule has 0 aliphatic rings. The predicted octanol–water partition coefficient (Wildman–Crippen LogP) is 4.48. The molecule has 0 saturated carbocycles. The van der Waals surface area contributed by atoms with Gasteiger partial charge in [0.2, 0.25) is 5.78 Å². The number of Topliss-reactive ketones (excluding diaryl/α,β-unsaturated/α-hetero) is 1. The summed E-state index contributed by atoms with van der Waals surface area (Å²) in [7, 11) is 0. The highest BCUT2D eigenvalue weighted by atomic mass is 16.5. The van der Waals surface area contributed by atoms with E-state index < -0.39 is 11.6 Å². The molecule has 0 aliphatic heterocycles. The lowest BCUT2D eigenvalue weighted by molar-refractivity contribution is -0.132. The number of ketones is 2. The minimum Gasteiger partial charge on any atom is -0.507 e. The van der Waals surface area contributed by atoms with Crippen LogP contribution in [0.1, 0.15) is 18.1 Å². The van der Waals surface area contributed by atoms with Gasteiger partial charge >= 0.3 is 0 Å². The van der Waals surface area contributed by atoms with Crippen molar-refractivity contribution in [3.63, 3.8) is 0 Å². The number of aliphatic hydroxyl groups excluding tert-OH is 1. The Hall–Kier alpha value is -3.40. The quantitative estimate of drug-likeness (QED) is 0.406. The smallest absolute Gasteiger partial charge is 0.224 e. The van der Waals surface area contributed by atoms with Crippen molar-refractivity contribution in [2.45, 2.75) is 13.5 Å². The highest BCUT2D eigenvalue weighted by Crippen LogP contribution is 2.23. The molecule has 0 radical (unpaired) electrons. The van der Waals surface area contributed by atoms with E-state index in [2.05, 4.69) is 0 Å². The third-order valence-electron chi connectivity index (χ3n) is 4.02. The highest BCUT2D eigenvalue weighted by molar-refractivity contribution is 6.41. The van der Waals surface area contributed by atoms with Gasteiger partial charge in [-0.05, 0) is 28.5 Å². The van der Waals surface area contributed by atoms with Crippen LogP contribution in [0.15, 0.2) is 72.8 Å². The highest BCUT2D eigenvalue weighted by Gasteiger charge is 2.09. The van der Waals surface area contributed by atoms with Crippen LogP contribution in [0.2, 0.25) is 0 Å². The van der Waals surface area contributed by atoms with Crippen LogP contribution >= 0.6 is 0 Å². The van der Waals surface area contributed by atoms with Crippen LogP contribution in [0.5, 0.6) is 5.75 Å². The van der Waals surface area contributed by atoms with Crippen molar-refractivity contribution in [1.82, 2.24) is 0 Å². The summed E-state index contributed by atoms with van der Waals surface area (Å²) in [6.45, 7) is 1.54. The Morgan fingerprint density at radius 2 is 1.73 bits per heavy atom. The van der Waals surface area contributed by atoms with E-state index in [1.54, 1.807) is 24.3 Å². The van der Waals surface area contributed by atoms with Crippen LogP contribution in [0, 0.1) is 0 Å². The van der Waals surface area contributed by atoms with Gasteiger partial charge in [0.25, 0.3) is 0 Å². The van der Waals surface area contributed by atoms with Gasteiger partial charge in [0.1, 0.15) is 18.1 Å². The molecule has 3 aromatic carbocycles. The zero-order valence-electron chi connectivity index (χ0n) is 14.3. The molecule has 4 heteroatoms. The van der Waals surface area contributed by atoms with Crippen LogP contribution < -0.4 is 4.74 Å². The standard InChI is InChI=1S/C22H18O4/c1-15(23)21(24)13-22(25)17-8-5-10-19(12-17)26-14-18-9-4-7-16-6-2-3-11-20(16)18/h2-13,25H,14H2,1H3/b22-13-. The summed E-state index contributed by atoms with van der Waals surface area (Å²) in [5.41, 5.74) is 1.47. The number of hydrogen-bond donors (Lipinski definition) is 1. The van der Waals surface area contributed by atoms with Gasteiger partial charge in [0.05, 0.1) is 0 Å². The molecule has 26 heavy (non-hydrogen) atoms. The molecule has 0 fully saturated rings. The van der Waals surface area contributed by atoms with Gasteiger partial charge in [-0.1, -0.05) is 54.6 Å². The Morgan fingerprint density at radius 3 is 2.54 bits per heavy atom. The minimum atomic E-state index is -0.746. The molecule has 0 aliphatic carbocycles. The average Bonchev–Trinajstić information content (AvgIpc) is 2.66. The maximum atomic E-state index is 11.4. The van der Waals surface area contributed by atoms with E-state index >= 15 is 0 Å². The Bertz CT molecular complexity index is 996. The largest absolute Gasteiger partial charge is 0.507 e. The first-order valence-electron chi connectivity index (χ1n) is 8.20. The van der Waals surface area contributed by atoms with Crippen molar-refractivity contribution in [2.24, 2.45) is 0 Å². The molecule has 3 aromatic rings. The van der Waals surface area contributed by atoms with Crippen molar-refractivity contribution < 1.29 is 19.4 Å². The van der Waals surface area contributed by atoms with Crippen molar-refractivity contribution >= 4 is 28.1 Å². The summed E-state index contributed by atoms with van der Waals surface area (Å²) in [5, 5.41) is 12.3. The second-order valence-corrected chi connectivity index (χ2v) is 5.90. The summed E-state index contributed by atoms with van der Waals surface area (Å²) >= 11 is 0. The fraction of sp³-hybridized carbons (Fsp3) is 0.0909. The minimum absolute atomic E-state index is 0.263. The molecule has 4 nitrogen and oxygen atoms in total. The number of fused-ring (bicyclic) bond motifs is 1. The molecule has 0 saturated heterocycles. The Labute approximate surface area is 151 Å². The van der Waals surface area contributed by atoms with Crippen LogP contribution in [-0.2, 0) is 16.2 Å². The van der Waals surface area contributed by atoms with Crippen LogP contribution in [0.3, 0.4) is 0 Å². The molecule has 0 unspecified atom stereocenters. The Morgan fingerprint density at radius 1 is 1.00 bits per heavy atom. The Balaban J connectivity index is 1.79. The van der Waals surface area contributed by atoms with Crippen LogP contribution in [-0.4, -0.2) is 16.7 Å². The van der Waals surface area contributed by atoms with Crippen molar-refractivity contribution in [1.29, 1.82) is 0 Å². The number of benzene rings is 3. The van der Waals surface area contributed by atoms with Crippen molar-refractivity contribution in [2.75, 3.05) is 0 Å². The lowest BCUT2D eigenvalue weighted by atomic mass is 10.1. The molecule has 0 amide bonds. The normalized spacial score (nSPS) is 11.3. The summed E-state index contributed by atoms with van der Waals surface area (Å²) in [6.07, 6.45) is 0.923. The first-order chi connectivity index (χ1) is 12.5. The zero-order valence-corrected chi connectivity index (χ0v) is 14.3. The van der Waals surface area contributed by atoms with E-state index in [0.29, 0.717) is 17.9 Å². The molecular weight excluding hydrogens is 328 g/mol. The maximum Gasteiger partial charge on any atom is 0.224 e. The summed E-state index contributed by atoms with van der Waals surface area (Å²) < 4.78 is 5.85. The lowest BCUT2D eigenvalue weighted by Crippen LogP contribution is -2.06. The first-order valence-corrected chi connectivity index (χ1v) is 8.20. The Kier molecular flexibility index (Phi) is 5.13. The molecule has 3 rings (SSSR count). The topological polar surface area (TPSA) is 63.6 Å². The van der Waals surface area contributed by atoms with Gasteiger partial charge in [0, 0.05) is 18.6 Å². The zero-order chi connectivity index (χ0) is 18.5. The number of allylic oxidation sites excluding steroid dienone is 1. The summed E-state index contributed by atoms with van der Waals surface area (Å²) in [4.78, 5) is 22.4. The SMILES string of the molecule is CC(=O)C(=O)/C=C(\O)c1cccc(OCc2cccc3ccccc23)c1. The average molecular weight is 346 g/mol. The molecule has 0 spiro atoms. The predicted molar refractivity (Wildman–Crippen MR) is 101 cm³/mol. The van der Waals surface area contributed by atoms with Gasteiger partial charge in [-0.15, -0.1) is 0 Å². The number of carbonyl (C=O) groups excluding carboxylic acids is 2. The number of aliphatic hydroxyl groups is 1. The van der Waals surface area contributed by atoms with Crippen LogP contribution in [0.4, 0.5) is 0 Å². The number of ether oxygens (including phenoxy) is 1. The van der Waals surface area contributed by atoms with Gasteiger partial charge in [-0.25, -0.2) is 0 Å². The van der Waals surface area contributed by atoms with Crippen molar-refractivity contribution in [3.05, 3.63) is 83.9 Å². The molecule has 130 valence electrons. The fourth-order valence-electron chi connectivity index (χ4n) is 2.63. The van der Waals surface area contributed by atoms with E-state index in [0.717, 1.165) is 29.3 Å². The van der Waals surface area contributed by atoms with E-state index in [9.17, 15) is 14.7 Å². The van der Waals surface area contributed by atoms with Crippen molar-refractivity contribution in [3.8, 4) is 5.75 Å². The maximum absolute atomic E-state index is 11.4. The molecule has 0 aromatic heterocycles. The van der Waals surface area contributed by atoms with Gasteiger partial charge < -0.3 is 9.84 Å². The van der Waals surface area contributed by atoms with Gasteiger partial charge in [-0.3, -0.25) is 9.59 Å². The van der Waals surface area contributed by atoms with Gasteiger partial charge in [0.15, 0.2) is 5.78 Å². The van der Waals surface area contributed by atoms with E-state index in [-0.39, 0.29) is 5.76 Å². The van der Waals surface area contributed by atoms with E-state index in [1.807, 2.05) is 42.5 Å². The lowest BCUT2D eigenvalue weighted by Gasteiger charge is -2.10. The number of carbonyl (C=O) groups is 2. The third-order valence-corrected chi connectivity index (χ3v) is 4.02. The molecule has 1 N–H and O–H groups in total. The summed E-state index contributed by atoms with van der Waals surface area (Å²) in [6, 6.07) is 20.9. The van der Waals surface area contributed by atoms with E-state index in [1.165, 1.54) is 0 Å². The van der Waals surface area contributed by atoms with E-state index in [4.69, 9.17) is 4.74 Å². The molecular formula is C22H18O4. The second-order valence-electron chi connectivity index (χ2n) is 5.90. The second kappa shape index (κ2) is 7.66. The monoisotopic (exact) mass is 346 g/mol. The first kappa shape index (κ1) is 17.4. The fourth-order valence-corrected chi connectivity index (χ4v) is 2.63. The summed E-state index contributed by atoms with van der Waals surface area (Å²) in [5.74, 6) is -1.07. The number of rotatable bonds is 6. The number of hydrogen-bond acceptors (Lipinski definition) is 4. The van der Waals surface area contributed by atoms with Crippen LogP contribution in [0.25, 0.3) is 16.5 Å². The third kappa shape index (κ3) is 3.98. The molecule has 0 atom stereocenters.